The van der Waals surface area contributed by atoms with E-state index < -0.39 is 13.0 Å². The van der Waals surface area contributed by atoms with Crippen LogP contribution in [0.4, 0.5) is 8.78 Å². The van der Waals surface area contributed by atoms with Gasteiger partial charge in [-0.2, -0.15) is 0 Å². The Morgan fingerprint density at radius 2 is 2.25 bits per heavy atom. The minimum absolute atomic E-state index is 0.0657. The van der Waals surface area contributed by atoms with Crippen molar-refractivity contribution in [1.29, 1.82) is 0 Å². The number of halogens is 3. The van der Waals surface area contributed by atoms with Crippen LogP contribution in [0.5, 0.6) is 0 Å². The summed E-state index contributed by atoms with van der Waals surface area (Å²) in [6.07, 6.45) is -1.42. The monoisotopic (exact) mass is 193 g/mol. The summed E-state index contributed by atoms with van der Waals surface area (Å²) >= 11 is 5.47. The molecule has 0 aliphatic carbocycles. The third-order valence-electron chi connectivity index (χ3n) is 1.39. The summed E-state index contributed by atoms with van der Waals surface area (Å²) in [5.41, 5.74) is -0.459. The van der Waals surface area contributed by atoms with E-state index in [4.69, 9.17) is 16.7 Å². The second kappa shape index (κ2) is 3.78. The molecule has 66 valence electrons. The number of nitrogens with zero attached hydrogens (tertiary/aromatic N) is 1. The van der Waals surface area contributed by atoms with E-state index in [-0.39, 0.29) is 16.3 Å². The highest BCUT2D eigenvalue weighted by Gasteiger charge is 2.16. The van der Waals surface area contributed by atoms with E-state index in [2.05, 4.69) is 4.98 Å². The second-order valence-electron chi connectivity index (χ2n) is 2.11. The summed E-state index contributed by atoms with van der Waals surface area (Å²) in [5, 5.41) is 8.57. The fourth-order valence-corrected chi connectivity index (χ4v) is 1.09. The summed E-state index contributed by atoms with van der Waals surface area (Å²) in [5.74, 6) is 0. The maximum atomic E-state index is 12.2. The smallest absolute Gasteiger partial charge is 0.267 e. The van der Waals surface area contributed by atoms with Gasteiger partial charge in [0, 0.05) is 6.20 Å². The Morgan fingerprint density at radius 3 is 2.67 bits per heavy atom. The van der Waals surface area contributed by atoms with Crippen molar-refractivity contribution in [1.82, 2.24) is 4.98 Å². The first kappa shape index (κ1) is 9.35. The summed E-state index contributed by atoms with van der Waals surface area (Å²) < 4.78 is 24.5. The minimum atomic E-state index is -2.70. The fourth-order valence-electron chi connectivity index (χ4n) is 0.846. The van der Waals surface area contributed by atoms with Crippen LogP contribution in [0.25, 0.3) is 0 Å². The van der Waals surface area contributed by atoms with Crippen molar-refractivity contribution in [2.45, 2.75) is 13.0 Å². The van der Waals surface area contributed by atoms with Gasteiger partial charge in [0.25, 0.3) is 6.43 Å². The number of hydrogen-bond donors (Lipinski definition) is 1. The number of alkyl halides is 2. The lowest BCUT2D eigenvalue weighted by Gasteiger charge is -2.06. The molecule has 1 rings (SSSR count). The van der Waals surface area contributed by atoms with E-state index in [1.165, 1.54) is 12.3 Å². The average Bonchev–Trinajstić information content (AvgIpc) is 2.03. The van der Waals surface area contributed by atoms with Crippen molar-refractivity contribution in [2.24, 2.45) is 0 Å². The Kier molecular flexibility index (Phi) is 2.94. The molecule has 1 aromatic rings. The first-order valence-electron chi connectivity index (χ1n) is 3.19. The van der Waals surface area contributed by atoms with Gasteiger partial charge in [-0.15, -0.1) is 0 Å². The van der Waals surface area contributed by atoms with E-state index in [1.54, 1.807) is 0 Å². The molecule has 0 atom stereocenters. The van der Waals surface area contributed by atoms with Gasteiger partial charge in [-0.3, -0.25) is 4.98 Å². The van der Waals surface area contributed by atoms with Crippen LogP contribution in [0, 0.1) is 0 Å². The predicted octanol–water partition coefficient (Wildman–Crippen LogP) is 2.16. The molecule has 0 aliphatic rings. The number of aliphatic hydroxyl groups is 1. The van der Waals surface area contributed by atoms with Gasteiger partial charge in [-0.25, -0.2) is 8.78 Å². The molecule has 0 aromatic carbocycles. The lowest BCUT2D eigenvalue weighted by atomic mass is 10.2. The van der Waals surface area contributed by atoms with Crippen molar-refractivity contribution in [2.75, 3.05) is 0 Å². The molecule has 0 spiro atoms. The van der Waals surface area contributed by atoms with Crippen LogP contribution in [-0.2, 0) is 6.61 Å². The van der Waals surface area contributed by atoms with Gasteiger partial charge in [0.2, 0.25) is 0 Å². The molecular weight excluding hydrogens is 188 g/mol. The number of pyridine rings is 1. The normalized spacial score (nSPS) is 10.8. The van der Waals surface area contributed by atoms with Crippen LogP contribution >= 0.6 is 11.6 Å². The van der Waals surface area contributed by atoms with E-state index in [1.807, 2.05) is 0 Å². The lowest BCUT2D eigenvalue weighted by molar-refractivity contribution is 0.146. The Hall–Kier alpha value is -0.740. The first-order valence-corrected chi connectivity index (χ1v) is 3.57. The van der Waals surface area contributed by atoms with Gasteiger partial charge in [0.15, 0.2) is 0 Å². The molecule has 0 saturated heterocycles. The largest absolute Gasteiger partial charge is 0.390 e. The van der Waals surface area contributed by atoms with Crippen LogP contribution in [0.1, 0.15) is 17.7 Å². The number of rotatable bonds is 2. The van der Waals surface area contributed by atoms with Crippen molar-refractivity contribution in [3.05, 3.63) is 28.5 Å². The van der Waals surface area contributed by atoms with Gasteiger partial charge in [0.1, 0.15) is 0 Å². The molecule has 0 fully saturated rings. The lowest BCUT2D eigenvalue weighted by Crippen LogP contribution is -1.98. The second-order valence-corrected chi connectivity index (χ2v) is 2.52. The Balaban J connectivity index is 3.20. The molecule has 1 N–H and O–H groups in total. The maximum absolute atomic E-state index is 12.2. The Labute approximate surface area is 72.8 Å². The first-order chi connectivity index (χ1) is 5.66. The number of aliphatic hydroxyl groups excluding tert-OH is 1. The zero-order chi connectivity index (χ0) is 9.14. The zero-order valence-electron chi connectivity index (χ0n) is 5.97. The Bertz CT molecular complexity index is 280. The molecule has 0 saturated carbocycles. The summed E-state index contributed by atoms with van der Waals surface area (Å²) in [4.78, 5) is 3.56. The molecule has 0 aliphatic heterocycles. The third-order valence-corrected chi connectivity index (χ3v) is 1.72. The van der Waals surface area contributed by atoms with Crippen LogP contribution in [0.2, 0.25) is 5.02 Å². The standard InChI is InChI=1S/C7H6ClF2NO/c8-4-1-2-11-5(3-12)6(4)7(9)10/h1-2,7,12H,3H2. The molecular formula is C7H6ClF2NO. The summed E-state index contributed by atoms with van der Waals surface area (Å²) in [6, 6.07) is 1.27. The highest BCUT2D eigenvalue weighted by Crippen LogP contribution is 2.28. The molecule has 5 heteroatoms. The maximum Gasteiger partial charge on any atom is 0.267 e. The molecule has 0 amide bonds. The van der Waals surface area contributed by atoms with E-state index >= 15 is 0 Å². The molecule has 12 heavy (non-hydrogen) atoms. The van der Waals surface area contributed by atoms with Crippen LogP contribution in [0.3, 0.4) is 0 Å². The average molecular weight is 194 g/mol. The van der Waals surface area contributed by atoms with Gasteiger partial charge < -0.3 is 5.11 Å². The highest BCUT2D eigenvalue weighted by atomic mass is 35.5. The summed E-state index contributed by atoms with van der Waals surface area (Å²) in [6.45, 7) is -0.528. The molecule has 0 radical (unpaired) electrons. The predicted molar refractivity (Wildman–Crippen MR) is 40.1 cm³/mol. The van der Waals surface area contributed by atoms with Crippen molar-refractivity contribution < 1.29 is 13.9 Å². The van der Waals surface area contributed by atoms with Crippen LogP contribution in [-0.4, -0.2) is 10.1 Å². The van der Waals surface area contributed by atoms with Gasteiger partial charge in [-0.1, -0.05) is 11.6 Å². The fraction of sp³-hybridized carbons (Fsp3) is 0.286. The van der Waals surface area contributed by atoms with Crippen LogP contribution < -0.4 is 0 Å². The summed E-state index contributed by atoms with van der Waals surface area (Å²) in [7, 11) is 0. The van der Waals surface area contributed by atoms with Crippen molar-refractivity contribution in [3.63, 3.8) is 0 Å². The third kappa shape index (κ3) is 1.70. The van der Waals surface area contributed by atoms with E-state index in [0.717, 1.165) is 0 Å². The van der Waals surface area contributed by atoms with E-state index in [9.17, 15) is 8.78 Å². The number of hydrogen-bond acceptors (Lipinski definition) is 2. The van der Waals surface area contributed by atoms with E-state index in [0.29, 0.717) is 0 Å². The highest BCUT2D eigenvalue weighted by molar-refractivity contribution is 6.31. The topological polar surface area (TPSA) is 33.1 Å². The minimum Gasteiger partial charge on any atom is -0.390 e. The van der Waals surface area contributed by atoms with Crippen molar-refractivity contribution in [3.8, 4) is 0 Å². The zero-order valence-corrected chi connectivity index (χ0v) is 6.72. The van der Waals surface area contributed by atoms with Crippen LogP contribution in [0.15, 0.2) is 12.3 Å². The van der Waals surface area contributed by atoms with Gasteiger partial charge >= 0.3 is 0 Å². The Morgan fingerprint density at radius 1 is 1.58 bits per heavy atom. The van der Waals surface area contributed by atoms with Gasteiger partial charge in [0.05, 0.1) is 22.9 Å². The van der Waals surface area contributed by atoms with Gasteiger partial charge in [-0.05, 0) is 6.07 Å². The number of aromatic nitrogens is 1. The molecule has 0 unspecified atom stereocenters. The molecule has 2 nitrogen and oxygen atoms in total. The molecule has 1 heterocycles. The molecule has 1 aromatic heterocycles. The van der Waals surface area contributed by atoms with Crippen molar-refractivity contribution >= 4 is 11.6 Å². The molecule has 0 bridgehead atoms. The quantitative estimate of drug-likeness (QED) is 0.781. The SMILES string of the molecule is OCc1nccc(Cl)c1C(F)F.